The molecule has 1 saturated heterocycles. The molecular weight excluding hydrogens is 497 g/mol. The first kappa shape index (κ1) is 25.2. The van der Waals surface area contributed by atoms with Gasteiger partial charge in [-0.15, -0.1) is 0 Å². The van der Waals surface area contributed by atoms with Gasteiger partial charge in [-0.1, -0.05) is 0 Å². The molecular formula is C30H32FN5O3. The van der Waals surface area contributed by atoms with Crippen molar-refractivity contribution < 1.29 is 18.7 Å². The molecule has 9 heteroatoms. The highest BCUT2D eigenvalue weighted by molar-refractivity contribution is 6.06. The first-order chi connectivity index (χ1) is 18.9. The molecule has 39 heavy (non-hydrogen) atoms. The van der Waals surface area contributed by atoms with Crippen molar-refractivity contribution >= 4 is 29.0 Å². The highest BCUT2D eigenvalue weighted by atomic mass is 19.1. The van der Waals surface area contributed by atoms with E-state index in [0.717, 1.165) is 71.9 Å². The monoisotopic (exact) mass is 529 g/mol. The van der Waals surface area contributed by atoms with Gasteiger partial charge in [-0.05, 0) is 91.8 Å². The number of fused-ring (bicyclic) bond motifs is 2. The summed E-state index contributed by atoms with van der Waals surface area (Å²) in [5.74, 6) is 0.330. The van der Waals surface area contributed by atoms with Crippen molar-refractivity contribution in [2.75, 3.05) is 48.4 Å². The zero-order chi connectivity index (χ0) is 27.1. The minimum atomic E-state index is -0.287. The maximum absolute atomic E-state index is 13.6. The number of methoxy groups -OCH3 is 1. The fourth-order valence-electron chi connectivity index (χ4n) is 6.01. The Hall–Kier alpha value is -4.14. The molecule has 0 aliphatic carbocycles. The highest BCUT2D eigenvalue weighted by Crippen LogP contribution is 2.32. The molecule has 0 atom stereocenters. The van der Waals surface area contributed by atoms with Crippen molar-refractivity contribution in [3.8, 4) is 5.75 Å². The Morgan fingerprint density at radius 2 is 1.79 bits per heavy atom. The number of piperidine rings is 1. The van der Waals surface area contributed by atoms with Gasteiger partial charge in [-0.25, -0.2) is 9.18 Å². The topological polar surface area (TPSA) is 78.0 Å². The lowest BCUT2D eigenvalue weighted by Crippen LogP contribution is -2.49. The van der Waals surface area contributed by atoms with Crippen LogP contribution in [-0.4, -0.2) is 61.2 Å². The third kappa shape index (κ3) is 4.77. The number of nitrogens with one attached hydrogen (secondary N) is 1. The number of benzene rings is 2. The molecule has 1 N–H and O–H groups in total. The Morgan fingerprint density at radius 1 is 1.00 bits per heavy atom. The number of carbonyl (C=O) groups excluding carboxylic acids is 2. The van der Waals surface area contributed by atoms with Crippen LogP contribution in [0.15, 0.2) is 48.7 Å². The molecule has 4 heterocycles. The third-order valence-corrected chi connectivity index (χ3v) is 8.16. The van der Waals surface area contributed by atoms with E-state index in [9.17, 15) is 14.0 Å². The SMILES string of the molecule is COc1ccc2c(c1)CCN(C1CCN(c3cc(C(=O)N4CCc5cc(F)ccc54)ncc3C)CC1)C(=O)N2. The van der Waals surface area contributed by atoms with Crippen molar-refractivity contribution in [3.63, 3.8) is 0 Å². The van der Waals surface area contributed by atoms with Gasteiger partial charge in [0.15, 0.2) is 0 Å². The minimum Gasteiger partial charge on any atom is -0.497 e. The van der Waals surface area contributed by atoms with E-state index < -0.39 is 0 Å². The van der Waals surface area contributed by atoms with Crippen molar-refractivity contribution in [3.05, 3.63) is 76.9 Å². The van der Waals surface area contributed by atoms with Crippen LogP contribution in [0.1, 0.15) is 40.0 Å². The lowest BCUT2D eigenvalue weighted by atomic mass is 10.0. The predicted octanol–water partition coefficient (Wildman–Crippen LogP) is 4.80. The number of nitrogens with zero attached hydrogens (tertiary/aromatic N) is 4. The van der Waals surface area contributed by atoms with E-state index in [1.165, 1.54) is 12.1 Å². The summed E-state index contributed by atoms with van der Waals surface area (Å²) >= 11 is 0. The Kier molecular flexibility index (Phi) is 6.58. The van der Waals surface area contributed by atoms with Gasteiger partial charge in [-0.3, -0.25) is 9.78 Å². The number of aryl methyl sites for hydroxylation is 1. The first-order valence-electron chi connectivity index (χ1n) is 13.5. The third-order valence-electron chi connectivity index (χ3n) is 8.16. The van der Waals surface area contributed by atoms with E-state index in [0.29, 0.717) is 25.2 Å². The van der Waals surface area contributed by atoms with Crippen molar-refractivity contribution in [2.45, 2.75) is 38.6 Å². The molecule has 6 rings (SSSR count). The standard InChI is InChI=1S/C30H32FN5O3/c1-19-18-32-26(29(37)36-14-8-21-15-22(31)3-6-27(21)36)17-28(19)34-11-9-23(10-12-34)35-13-7-20-16-24(39-2)4-5-25(20)33-30(35)38/h3-6,15-18,23H,7-14H2,1-2H3,(H,33,38). The van der Waals surface area contributed by atoms with Crippen LogP contribution < -0.4 is 19.9 Å². The van der Waals surface area contributed by atoms with Crippen LogP contribution in [0.5, 0.6) is 5.75 Å². The van der Waals surface area contributed by atoms with E-state index in [4.69, 9.17) is 4.74 Å². The van der Waals surface area contributed by atoms with Gasteiger partial charge in [0, 0.05) is 55.5 Å². The predicted molar refractivity (Wildman–Crippen MR) is 148 cm³/mol. The Balaban J connectivity index is 1.13. The van der Waals surface area contributed by atoms with Crippen molar-refractivity contribution in [2.24, 2.45) is 0 Å². The second-order valence-electron chi connectivity index (χ2n) is 10.5. The molecule has 2 aromatic carbocycles. The molecule has 0 unspecified atom stereocenters. The largest absolute Gasteiger partial charge is 0.497 e. The second-order valence-corrected chi connectivity index (χ2v) is 10.5. The Bertz CT molecular complexity index is 1440. The molecule has 0 spiro atoms. The number of aromatic nitrogens is 1. The lowest BCUT2D eigenvalue weighted by Gasteiger charge is -2.39. The van der Waals surface area contributed by atoms with Crippen LogP contribution in [-0.2, 0) is 12.8 Å². The minimum absolute atomic E-state index is 0.0592. The number of amides is 3. The number of urea groups is 1. The van der Waals surface area contributed by atoms with E-state index in [2.05, 4.69) is 15.2 Å². The number of ether oxygens (including phenoxy) is 1. The van der Waals surface area contributed by atoms with Crippen LogP contribution >= 0.6 is 0 Å². The van der Waals surface area contributed by atoms with Gasteiger partial charge < -0.3 is 24.8 Å². The summed E-state index contributed by atoms with van der Waals surface area (Å²) in [6.45, 7) is 4.73. The van der Waals surface area contributed by atoms with Crippen molar-refractivity contribution in [1.82, 2.24) is 9.88 Å². The van der Waals surface area contributed by atoms with Gasteiger partial charge in [0.1, 0.15) is 17.3 Å². The maximum Gasteiger partial charge on any atom is 0.322 e. The molecule has 1 aromatic heterocycles. The summed E-state index contributed by atoms with van der Waals surface area (Å²) in [6, 6.07) is 12.3. The van der Waals surface area contributed by atoms with Crippen LogP contribution in [0.25, 0.3) is 0 Å². The summed E-state index contributed by atoms with van der Waals surface area (Å²) in [6.07, 6.45) is 4.83. The molecule has 3 amide bonds. The summed E-state index contributed by atoms with van der Waals surface area (Å²) in [5, 5.41) is 3.08. The number of rotatable bonds is 4. The van der Waals surface area contributed by atoms with Crippen molar-refractivity contribution in [1.29, 1.82) is 0 Å². The number of halogens is 1. The van der Waals surface area contributed by atoms with E-state index in [1.807, 2.05) is 36.1 Å². The van der Waals surface area contributed by atoms with Crippen LogP contribution in [0.3, 0.4) is 0 Å². The zero-order valence-corrected chi connectivity index (χ0v) is 22.2. The molecule has 202 valence electrons. The Morgan fingerprint density at radius 3 is 2.59 bits per heavy atom. The normalized spacial score (nSPS) is 17.4. The second kappa shape index (κ2) is 10.2. The van der Waals surface area contributed by atoms with Crippen LogP contribution in [0, 0.1) is 12.7 Å². The van der Waals surface area contributed by atoms with Crippen LogP contribution in [0.2, 0.25) is 0 Å². The molecule has 3 aliphatic heterocycles. The zero-order valence-electron chi connectivity index (χ0n) is 22.2. The fourth-order valence-corrected chi connectivity index (χ4v) is 6.01. The average Bonchev–Trinajstić information content (AvgIpc) is 3.29. The van der Waals surface area contributed by atoms with E-state index >= 15 is 0 Å². The van der Waals surface area contributed by atoms with Gasteiger partial charge in [0.05, 0.1) is 7.11 Å². The summed E-state index contributed by atoms with van der Waals surface area (Å²) in [4.78, 5) is 36.9. The smallest absolute Gasteiger partial charge is 0.322 e. The summed E-state index contributed by atoms with van der Waals surface area (Å²) < 4.78 is 19.0. The number of hydrogen-bond donors (Lipinski definition) is 1. The number of anilines is 3. The van der Waals surface area contributed by atoms with Crippen LogP contribution in [0.4, 0.5) is 26.2 Å². The fraction of sp³-hybridized carbons (Fsp3) is 0.367. The van der Waals surface area contributed by atoms with Gasteiger partial charge in [0.25, 0.3) is 5.91 Å². The van der Waals surface area contributed by atoms with Gasteiger partial charge in [-0.2, -0.15) is 0 Å². The number of carbonyl (C=O) groups is 2. The molecule has 3 aliphatic rings. The molecule has 3 aromatic rings. The molecule has 1 fully saturated rings. The lowest BCUT2D eigenvalue weighted by molar-refractivity contribution is 0.0984. The molecule has 0 bridgehead atoms. The van der Waals surface area contributed by atoms with Gasteiger partial charge >= 0.3 is 6.03 Å². The molecule has 8 nitrogen and oxygen atoms in total. The molecule has 0 saturated carbocycles. The quantitative estimate of drug-likeness (QED) is 0.526. The summed E-state index contributed by atoms with van der Waals surface area (Å²) in [5.41, 5.74) is 5.90. The maximum atomic E-state index is 13.6. The highest BCUT2D eigenvalue weighted by Gasteiger charge is 2.32. The number of hydrogen-bond acceptors (Lipinski definition) is 5. The van der Waals surface area contributed by atoms with Gasteiger partial charge in [0.2, 0.25) is 0 Å². The van der Waals surface area contributed by atoms with E-state index in [1.54, 1.807) is 24.3 Å². The number of pyridine rings is 1. The first-order valence-corrected chi connectivity index (χ1v) is 13.5. The molecule has 0 radical (unpaired) electrons. The van der Waals surface area contributed by atoms with E-state index in [-0.39, 0.29) is 23.8 Å². The average molecular weight is 530 g/mol. The summed E-state index contributed by atoms with van der Waals surface area (Å²) in [7, 11) is 1.65. The Labute approximate surface area is 227 Å².